The van der Waals surface area contributed by atoms with Crippen molar-refractivity contribution in [2.45, 2.75) is 12.8 Å². The van der Waals surface area contributed by atoms with E-state index in [1.807, 2.05) is 14.1 Å². The van der Waals surface area contributed by atoms with E-state index in [4.69, 9.17) is 0 Å². The fourth-order valence-corrected chi connectivity index (χ4v) is 1.24. The zero-order valence-electron chi connectivity index (χ0n) is 9.58. The van der Waals surface area contributed by atoms with Gasteiger partial charge in [-0.05, 0) is 33.5 Å². The fraction of sp³-hybridized carbons (Fsp3) is 0.600. The van der Waals surface area contributed by atoms with Gasteiger partial charge < -0.3 is 14.7 Å². The molecule has 0 fully saturated rings. The highest BCUT2D eigenvalue weighted by Crippen LogP contribution is 1.92. The van der Waals surface area contributed by atoms with Crippen LogP contribution in [-0.4, -0.2) is 43.1 Å². The molecule has 6 nitrogen and oxygen atoms in total. The minimum Gasteiger partial charge on any atom is -0.351 e. The van der Waals surface area contributed by atoms with E-state index in [1.165, 1.54) is 0 Å². The van der Waals surface area contributed by atoms with Crippen molar-refractivity contribution in [2.75, 3.05) is 27.2 Å². The number of rotatable bonds is 6. The number of aromatic nitrogens is 1. The topological polar surface area (TPSA) is 78.3 Å². The molecule has 0 radical (unpaired) electrons. The van der Waals surface area contributed by atoms with Crippen LogP contribution in [-0.2, 0) is 0 Å². The van der Waals surface area contributed by atoms with Gasteiger partial charge in [-0.1, -0.05) is 0 Å². The van der Waals surface area contributed by atoms with E-state index in [9.17, 15) is 9.59 Å². The quantitative estimate of drug-likeness (QED) is 0.672. The number of nitrogens with one attached hydrogen (secondary N) is 2. The third kappa shape index (κ3) is 4.31. The molecular formula is C10H17N3O3. The van der Waals surface area contributed by atoms with Gasteiger partial charge in [-0.3, -0.25) is 4.79 Å². The highest BCUT2D eigenvalue weighted by molar-refractivity contribution is 5.91. The van der Waals surface area contributed by atoms with Crippen LogP contribution < -0.4 is 10.9 Å². The molecule has 1 rings (SSSR count). The highest BCUT2D eigenvalue weighted by Gasteiger charge is 2.07. The maximum absolute atomic E-state index is 11.4. The number of carbonyl (C=O) groups is 1. The van der Waals surface area contributed by atoms with Crippen LogP contribution in [0.25, 0.3) is 0 Å². The van der Waals surface area contributed by atoms with Gasteiger partial charge in [-0.15, -0.1) is 0 Å². The summed E-state index contributed by atoms with van der Waals surface area (Å²) in [5.74, 6) is -0.310. The third-order valence-electron chi connectivity index (χ3n) is 2.09. The Morgan fingerprint density at radius 3 is 2.81 bits per heavy atom. The van der Waals surface area contributed by atoms with Crippen LogP contribution in [0.2, 0.25) is 0 Å². The molecule has 0 saturated heterocycles. The number of amides is 1. The third-order valence-corrected chi connectivity index (χ3v) is 2.09. The summed E-state index contributed by atoms with van der Waals surface area (Å²) in [6.45, 7) is 1.60. The molecule has 6 heteroatoms. The lowest BCUT2D eigenvalue weighted by Gasteiger charge is -2.08. The first-order valence-electron chi connectivity index (χ1n) is 5.21. The van der Waals surface area contributed by atoms with Gasteiger partial charge >= 0.3 is 5.63 Å². The molecule has 0 bridgehead atoms. The van der Waals surface area contributed by atoms with Crippen molar-refractivity contribution in [3.05, 3.63) is 22.2 Å². The second kappa shape index (κ2) is 6.12. The Balaban J connectivity index is 2.18. The molecule has 0 spiro atoms. The first-order valence-corrected chi connectivity index (χ1v) is 5.21. The Hall–Kier alpha value is -1.56. The monoisotopic (exact) mass is 227 g/mol. The van der Waals surface area contributed by atoms with Crippen molar-refractivity contribution in [3.8, 4) is 0 Å². The van der Waals surface area contributed by atoms with Gasteiger partial charge in [0, 0.05) is 6.54 Å². The van der Waals surface area contributed by atoms with Crippen molar-refractivity contribution < 1.29 is 9.32 Å². The maximum atomic E-state index is 11.4. The average Bonchev–Trinajstić information content (AvgIpc) is 2.63. The molecule has 1 heterocycles. The Morgan fingerprint density at radius 2 is 2.25 bits per heavy atom. The van der Waals surface area contributed by atoms with Crippen LogP contribution in [0.4, 0.5) is 0 Å². The van der Waals surface area contributed by atoms with E-state index >= 15 is 0 Å². The van der Waals surface area contributed by atoms with Crippen LogP contribution in [0.3, 0.4) is 0 Å². The van der Waals surface area contributed by atoms with Crippen LogP contribution in [0.15, 0.2) is 15.4 Å². The highest BCUT2D eigenvalue weighted by atomic mass is 16.5. The van der Waals surface area contributed by atoms with Crippen LogP contribution in [0, 0.1) is 0 Å². The van der Waals surface area contributed by atoms with Gasteiger partial charge in [0.1, 0.15) is 5.69 Å². The molecule has 2 N–H and O–H groups in total. The molecule has 0 aromatic carbocycles. The Labute approximate surface area is 93.6 Å². The molecule has 0 aliphatic heterocycles. The molecule has 0 aliphatic rings. The van der Waals surface area contributed by atoms with Crippen molar-refractivity contribution >= 4 is 5.91 Å². The standard InChI is InChI=1S/C10H17N3O3/c1-13(2)6-4-3-5-11-10(15)8-7-9(14)16-12-8/h7,12H,3-6H2,1-2H3,(H,11,15). The van der Waals surface area contributed by atoms with Crippen molar-refractivity contribution in [3.63, 3.8) is 0 Å². The molecule has 0 atom stereocenters. The van der Waals surface area contributed by atoms with Gasteiger partial charge in [-0.2, -0.15) is 0 Å². The number of nitrogens with zero attached hydrogens (tertiary/aromatic N) is 1. The van der Waals surface area contributed by atoms with Gasteiger partial charge in [-0.25, -0.2) is 9.95 Å². The molecule has 1 aromatic rings. The van der Waals surface area contributed by atoms with E-state index in [0.717, 1.165) is 25.5 Å². The Bertz CT molecular complexity index is 381. The normalized spacial score (nSPS) is 10.7. The molecule has 90 valence electrons. The van der Waals surface area contributed by atoms with E-state index in [1.54, 1.807) is 0 Å². The second-order valence-electron chi connectivity index (χ2n) is 3.85. The van der Waals surface area contributed by atoms with Gasteiger partial charge in [0.05, 0.1) is 6.07 Å². The molecule has 0 unspecified atom stereocenters. The summed E-state index contributed by atoms with van der Waals surface area (Å²) in [5.41, 5.74) is -0.379. The van der Waals surface area contributed by atoms with E-state index in [2.05, 4.69) is 19.9 Å². The minimum absolute atomic E-state index is 0.164. The summed E-state index contributed by atoms with van der Waals surface area (Å²) in [5, 5.41) is 4.95. The predicted molar refractivity (Wildman–Crippen MR) is 59.4 cm³/mol. The maximum Gasteiger partial charge on any atom is 0.358 e. The lowest BCUT2D eigenvalue weighted by Crippen LogP contribution is -2.25. The SMILES string of the molecule is CN(C)CCCCNC(=O)c1cc(=O)o[nH]1. The summed E-state index contributed by atoms with van der Waals surface area (Å²) < 4.78 is 4.40. The molecular weight excluding hydrogens is 210 g/mol. The van der Waals surface area contributed by atoms with E-state index in [-0.39, 0.29) is 11.6 Å². The second-order valence-corrected chi connectivity index (χ2v) is 3.85. The molecule has 1 amide bonds. The molecule has 0 aliphatic carbocycles. The Kier molecular flexibility index (Phi) is 4.78. The molecule has 0 saturated carbocycles. The zero-order valence-corrected chi connectivity index (χ0v) is 9.58. The molecule has 16 heavy (non-hydrogen) atoms. The lowest BCUT2D eigenvalue weighted by atomic mass is 10.3. The van der Waals surface area contributed by atoms with Crippen LogP contribution in [0.1, 0.15) is 23.3 Å². The van der Waals surface area contributed by atoms with Crippen molar-refractivity contribution in [2.24, 2.45) is 0 Å². The smallest absolute Gasteiger partial charge is 0.351 e. The Morgan fingerprint density at radius 1 is 1.50 bits per heavy atom. The van der Waals surface area contributed by atoms with E-state index in [0.29, 0.717) is 6.54 Å². The van der Waals surface area contributed by atoms with Crippen molar-refractivity contribution in [1.29, 1.82) is 0 Å². The average molecular weight is 227 g/mol. The van der Waals surface area contributed by atoms with Crippen LogP contribution in [0.5, 0.6) is 0 Å². The number of aromatic amines is 1. The number of carbonyl (C=O) groups excluding carboxylic acids is 1. The van der Waals surface area contributed by atoms with Gasteiger partial charge in [0.2, 0.25) is 0 Å². The van der Waals surface area contributed by atoms with E-state index < -0.39 is 5.63 Å². The van der Waals surface area contributed by atoms with Gasteiger partial charge in [0.25, 0.3) is 5.91 Å². The predicted octanol–water partition coefficient (Wildman–Crippen LogP) is 0.0395. The number of hydrogen-bond acceptors (Lipinski definition) is 4. The number of unbranched alkanes of at least 4 members (excludes halogenated alkanes) is 1. The molecule has 1 aromatic heterocycles. The summed E-state index contributed by atoms with van der Waals surface area (Å²) in [4.78, 5) is 24.2. The summed E-state index contributed by atoms with van der Waals surface area (Å²) >= 11 is 0. The summed E-state index contributed by atoms with van der Waals surface area (Å²) in [6, 6.07) is 1.13. The summed E-state index contributed by atoms with van der Waals surface area (Å²) in [6.07, 6.45) is 1.93. The lowest BCUT2D eigenvalue weighted by molar-refractivity contribution is 0.0943. The van der Waals surface area contributed by atoms with Crippen molar-refractivity contribution in [1.82, 2.24) is 15.4 Å². The van der Waals surface area contributed by atoms with Gasteiger partial charge in [0.15, 0.2) is 0 Å². The van der Waals surface area contributed by atoms with Crippen LogP contribution >= 0.6 is 0 Å². The number of hydrogen-bond donors (Lipinski definition) is 2. The minimum atomic E-state index is -0.544. The fourth-order valence-electron chi connectivity index (χ4n) is 1.24. The summed E-state index contributed by atoms with van der Waals surface area (Å²) in [7, 11) is 4.02. The number of H-pyrrole nitrogens is 1. The zero-order chi connectivity index (χ0) is 12.0. The largest absolute Gasteiger partial charge is 0.358 e. The first-order chi connectivity index (χ1) is 7.59. The first kappa shape index (κ1) is 12.5.